The first-order valence-electron chi connectivity index (χ1n) is 7.33. The first-order chi connectivity index (χ1) is 10.6. The summed E-state index contributed by atoms with van der Waals surface area (Å²) in [5.41, 5.74) is 1.26. The standard InChI is InChI=1S/C16H18FN3OS/c1-20-8-6-13(7-9-20)18-15(21)14-10-22-16(19-14)11-2-4-12(17)5-3-11/h2-5,10,13H,6-9H2,1H3,(H,18,21). The van der Waals surface area contributed by atoms with Crippen LogP contribution in [0.15, 0.2) is 29.6 Å². The normalized spacial score (nSPS) is 16.6. The first kappa shape index (κ1) is 15.1. The highest BCUT2D eigenvalue weighted by Gasteiger charge is 2.20. The Balaban J connectivity index is 1.65. The predicted octanol–water partition coefficient (Wildman–Crippen LogP) is 2.77. The molecule has 22 heavy (non-hydrogen) atoms. The van der Waals surface area contributed by atoms with Crippen LogP contribution in [0.1, 0.15) is 23.3 Å². The SMILES string of the molecule is CN1CCC(NC(=O)c2csc(-c3ccc(F)cc3)n2)CC1. The number of nitrogens with one attached hydrogen (secondary N) is 1. The maximum atomic E-state index is 12.9. The molecule has 0 spiro atoms. The first-order valence-corrected chi connectivity index (χ1v) is 8.20. The van der Waals surface area contributed by atoms with Gasteiger partial charge in [0.25, 0.3) is 5.91 Å². The second kappa shape index (κ2) is 6.54. The van der Waals surface area contributed by atoms with Gasteiger partial charge in [-0.1, -0.05) is 0 Å². The number of thiazole rings is 1. The second-order valence-corrected chi connectivity index (χ2v) is 6.45. The Morgan fingerprint density at radius 3 is 2.68 bits per heavy atom. The summed E-state index contributed by atoms with van der Waals surface area (Å²) in [6.07, 6.45) is 1.94. The third-order valence-electron chi connectivity index (χ3n) is 3.88. The molecule has 1 N–H and O–H groups in total. The average molecular weight is 319 g/mol. The van der Waals surface area contributed by atoms with Crippen LogP contribution in [0.3, 0.4) is 0 Å². The van der Waals surface area contributed by atoms with Gasteiger partial charge in [-0.25, -0.2) is 9.37 Å². The molecular weight excluding hydrogens is 301 g/mol. The van der Waals surface area contributed by atoms with Gasteiger partial charge in [-0.15, -0.1) is 11.3 Å². The average Bonchev–Trinajstić information content (AvgIpc) is 3.00. The third-order valence-corrected chi connectivity index (χ3v) is 4.77. The highest BCUT2D eigenvalue weighted by molar-refractivity contribution is 7.13. The fourth-order valence-electron chi connectivity index (χ4n) is 2.52. The van der Waals surface area contributed by atoms with Gasteiger partial charge in [0.05, 0.1) is 0 Å². The van der Waals surface area contributed by atoms with Gasteiger partial charge in [0.2, 0.25) is 0 Å². The van der Waals surface area contributed by atoms with Gasteiger partial charge < -0.3 is 10.2 Å². The van der Waals surface area contributed by atoms with Gasteiger partial charge in [-0.3, -0.25) is 4.79 Å². The zero-order valence-corrected chi connectivity index (χ0v) is 13.2. The van der Waals surface area contributed by atoms with Gasteiger partial charge in [0.15, 0.2) is 0 Å². The molecule has 3 rings (SSSR count). The molecule has 0 radical (unpaired) electrons. The largest absolute Gasteiger partial charge is 0.348 e. The van der Waals surface area contributed by atoms with Crippen LogP contribution in [0.5, 0.6) is 0 Å². The summed E-state index contributed by atoms with van der Waals surface area (Å²) in [5, 5.41) is 5.53. The molecule has 0 aliphatic carbocycles. The van der Waals surface area contributed by atoms with Crippen molar-refractivity contribution in [3.8, 4) is 10.6 Å². The van der Waals surface area contributed by atoms with E-state index in [1.54, 1.807) is 17.5 Å². The number of carbonyl (C=O) groups is 1. The lowest BCUT2D eigenvalue weighted by atomic mass is 10.1. The van der Waals surface area contributed by atoms with Gasteiger partial charge in [0.1, 0.15) is 16.5 Å². The van der Waals surface area contributed by atoms with E-state index in [4.69, 9.17) is 0 Å². The summed E-state index contributed by atoms with van der Waals surface area (Å²) in [7, 11) is 2.09. The third kappa shape index (κ3) is 3.51. The number of hydrogen-bond donors (Lipinski definition) is 1. The number of hydrogen-bond acceptors (Lipinski definition) is 4. The number of piperidine rings is 1. The Kier molecular flexibility index (Phi) is 4.49. The molecule has 0 saturated carbocycles. The molecule has 0 atom stereocenters. The van der Waals surface area contributed by atoms with Crippen LogP contribution in [-0.2, 0) is 0 Å². The van der Waals surface area contributed by atoms with Gasteiger partial charge in [0, 0.05) is 17.0 Å². The lowest BCUT2D eigenvalue weighted by molar-refractivity contribution is 0.0912. The van der Waals surface area contributed by atoms with Crippen LogP contribution in [0.2, 0.25) is 0 Å². The monoisotopic (exact) mass is 319 g/mol. The summed E-state index contributed by atoms with van der Waals surface area (Å²) >= 11 is 1.40. The fourth-order valence-corrected chi connectivity index (χ4v) is 3.32. The Morgan fingerprint density at radius 2 is 2.00 bits per heavy atom. The quantitative estimate of drug-likeness (QED) is 0.946. The zero-order valence-electron chi connectivity index (χ0n) is 12.4. The minimum atomic E-state index is -0.277. The molecule has 0 bridgehead atoms. The molecule has 1 aromatic heterocycles. The summed E-state index contributed by atoms with van der Waals surface area (Å²) in [5.74, 6) is -0.403. The van der Waals surface area contributed by atoms with Gasteiger partial charge in [-0.05, 0) is 57.2 Å². The number of amides is 1. The molecule has 1 amide bonds. The minimum absolute atomic E-state index is 0.126. The van der Waals surface area contributed by atoms with Crippen molar-refractivity contribution >= 4 is 17.2 Å². The van der Waals surface area contributed by atoms with E-state index in [1.165, 1.54) is 23.5 Å². The molecular formula is C16H18FN3OS. The topological polar surface area (TPSA) is 45.2 Å². The van der Waals surface area contributed by atoms with Crippen molar-refractivity contribution in [3.63, 3.8) is 0 Å². The van der Waals surface area contributed by atoms with Crippen LogP contribution in [0.25, 0.3) is 10.6 Å². The molecule has 2 heterocycles. The molecule has 2 aromatic rings. The number of aromatic nitrogens is 1. The molecule has 1 saturated heterocycles. The second-order valence-electron chi connectivity index (χ2n) is 5.60. The maximum Gasteiger partial charge on any atom is 0.270 e. The molecule has 6 heteroatoms. The summed E-state index contributed by atoms with van der Waals surface area (Å²) in [6, 6.07) is 6.36. The van der Waals surface area contributed by atoms with E-state index in [-0.39, 0.29) is 17.8 Å². The molecule has 1 aliphatic rings. The lowest BCUT2D eigenvalue weighted by Gasteiger charge is -2.29. The molecule has 116 valence electrons. The maximum absolute atomic E-state index is 12.9. The van der Waals surface area contributed by atoms with Gasteiger partial charge in [-0.2, -0.15) is 0 Å². The number of halogens is 1. The van der Waals surface area contributed by atoms with E-state index in [1.807, 2.05) is 0 Å². The molecule has 4 nitrogen and oxygen atoms in total. The van der Waals surface area contributed by atoms with E-state index < -0.39 is 0 Å². The highest BCUT2D eigenvalue weighted by atomic mass is 32.1. The van der Waals surface area contributed by atoms with E-state index in [0.717, 1.165) is 36.5 Å². The minimum Gasteiger partial charge on any atom is -0.348 e. The van der Waals surface area contributed by atoms with Crippen LogP contribution in [0, 0.1) is 5.82 Å². The molecule has 1 aromatic carbocycles. The Morgan fingerprint density at radius 1 is 1.32 bits per heavy atom. The van der Waals surface area contributed by atoms with Crippen LogP contribution >= 0.6 is 11.3 Å². The highest BCUT2D eigenvalue weighted by Crippen LogP contribution is 2.24. The molecule has 0 unspecified atom stereocenters. The van der Waals surface area contributed by atoms with Crippen molar-refractivity contribution in [3.05, 3.63) is 41.2 Å². The zero-order chi connectivity index (χ0) is 15.5. The van der Waals surface area contributed by atoms with Crippen LogP contribution in [-0.4, -0.2) is 42.0 Å². The Hall–Kier alpha value is -1.79. The fraction of sp³-hybridized carbons (Fsp3) is 0.375. The summed E-state index contributed by atoms with van der Waals surface area (Å²) in [6.45, 7) is 2.01. The molecule has 1 fully saturated rings. The van der Waals surface area contributed by atoms with Gasteiger partial charge >= 0.3 is 0 Å². The van der Waals surface area contributed by atoms with Crippen molar-refractivity contribution in [2.75, 3.05) is 20.1 Å². The predicted molar refractivity (Wildman–Crippen MR) is 85.5 cm³/mol. The van der Waals surface area contributed by atoms with Crippen molar-refractivity contribution in [1.82, 2.24) is 15.2 Å². The number of benzene rings is 1. The summed E-state index contributed by atoms with van der Waals surface area (Å²) in [4.78, 5) is 18.9. The van der Waals surface area contributed by atoms with Crippen molar-refractivity contribution in [2.24, 2.45) is 0 Å². The van der Waals surface area contributed by atoms with Crippen molar-refractivity contribution < 1.29 is 9.18 Å². The van der Waals surface area contributed by atoms with E-state index in [2.05, 4.69) is 22.2 Å². The number of likely N-dealkylation sites (tertiary alicyclic amines) is 1. The van der Waals surface area contributed by atoms with E-state index >= 15 is 0 Å². The Bertz CT molecular complexity index is 648. The van der Waals surface area contributed by atoms with Crippen molar-refractivity contribution in [1.29, 1.82) is 0 Å². The van der Waals surface area contributed by atoms with Crippen molar-refractivity contribution in [2.45, 2.75) is 18.9 Å². The number of rotatable bonds is 3. The summed E-state index contributed by atoms with van der Waals surface area (Å²) < 4.78 is 12.9. The smallest absolute Gasteiger partial charge is 0.270 e. The van der Waals surface area contributed by atoms with Crippen LogP contribution in [0.4, 0.5) is 4.39 Å². The van der Waals surface area contributed by atoms with E-state index in [0.29, 0.717) is 5.69 Å². The molecule has 1 aliphatic heterocycles. The number of carbonyl (C=O) groups excluding carboxylic acids is 1. The Labute approximate surface area is 133 Å². The number of nitrogens with zero attached hydrogens (tertiary/aromatic N) is 2. The lowest BCUT2D eigenvalue weighted by Crippen LogP contribution is -2.43. The van der Waals surface area contributed by atoms with Crippen LogP contribution < -0.4 is 5.32 Å². The van der Waals surface area contributed by atoms with E-state index in [9.17, 15) is 9.18 Å².